The van der Waals surface area contributed by atoms with Crippen molar-refractivity contribution in [3.05, 3.63) is 24.3 Å². The van der Waals surface area contributed by atoms with Crippen molar-refractivity contribution in [2.75, 3.05) is 24.3 Å². The van der Waals surface area contributed by atoms with Gasteiger partial charge in [0.1, 0.15) is 6.61 Å². The van der Waals surface area contributed by atoms with Gasteiger partial charge in [0, 0.05) is 6.61 Å². The minimum atomic E-state index is -0.151. The molecule has 0 spiro atoms. The molecule has 1 saturated carbocycles. The van der Waals surface area contributed by atoms with E-state index in [1.165, 1.54) is 19.3 Å². The molecule has 18 heavy (non-hydrogen) atoms. The first-order chi connectivity index (χ1) is 8.75. The zero-order valence-corrected chi connectivity index (χ0v) is 10.5. The molecule has 1 fully saturated rings. The van der Waals surface area contributed by atoms with E-state index < -0.39 is 0 Å². The molecule has 4 nitrogen and oxygen atoms in total. The minimum Gasteiger partial charge on any atom is -0.397 e. The van der Waals surface area contributed by atoms with Crippen LogP contribution in [0.25, 0.3) is 0 Å². The van der Waals surface area contributed by atoms with E-state index in [-0.39, 0.29) is 12.5 Å². The van der Waals surface area contributed by atoms with E-state index in [1.807, 2.05) is 12.1 Å². The normalized spacial score (nSPS) is 15.1. The average Bonchev–Trinajstić information content (AvgIpc) is 2.29. The van der Waals surface area contributed by atoms with Gasteiger partial charge in [0.2, 0.25) is 5.91 Å². The number of amides is 1. The van der Waals surface area contributed by atoms with E-state index in [9.17, 15) is 4.79 Å². The molecule has 0 unspecified atom stereocenters. The van der Waals surface area contributed by atoms with Gasteiger partial charge in [0.25, 0.3) is 0 Å². The summed E-state index contributed by atoms with van der Waals surface area (Å²) in [6.07, 6.45) is 5.05. The Morgan fingerprint density at radius 1 is 1.39 bits per heavy atom. The lowest BCUT2D eigenvalue weighted by Crippen LogP contribution is -2.20. The third kappa shape index (κ3) is 3.74. The molecule has 0 radical (unpaired) electrons. The Labute approximate surface area is 108 Å². The maximum absolute atomic E-state index is 11.6. The first kappa shape index (κ1) is 12.9. The molecule has 1 aliphatic rings. The van der Waals surface area contributed by atoms with Crippen LogP contribution in [-0.2, 0) is 9.53 Å². The van der Waals surface area contributed by atoms with Crippen molar-refractivity contribution >= 4 is 17.3 Å². The Balaban J connectivity index is 1.64. The minimum absolute atomic E-state index is 0.0983. The molecule has 1 aliphatic carbocycles. The molecule has 0 bridgehead atoms. The van der Waals surface area contributed by atoms with Gasteiger partial charge in [0.05, 0.1) is 11.4 Å². The monoisotopic (exact) mass is 248 g/mol. The van der Waals surface area contributed by atoms with Gasteiger partial charge in [-0.1, -0.05) is 31.4 Å². The summed E-state index contributed by atoms with van der Waals surface area (Å²) in [7, 11) is 0. The van der Waals surface area contributed by atoms with Crippen LogP contribution in [0.2, 0.25) is 0 Å². The summed E-state index contributed by atoms with van der Waals surface area (Å²) in [5.41, 5.74) is 6.95. The van der Waals surface area contributed by atoms with Crippen LogP contribution in [-0.4, -0.2) is 19.1 Å². The van der Waals surface area contributed by atoms with Crippen LogP contribution in [0.3, 0.4) is 0 Å². The van der Waals surface area contributed by atoms with E-state index in [2.05, 4.69) is 5.32 Å². The molecule has 4 heteroatoms. The summed E-state index contributed by atoms with van der Waals surface area (Å²) in [6, 6.07) is 7.21. The number of nitrogen functional groups attached to an aromatic ring is 1. The first-order valence-corrected chi connectivity index (χ1v) is 6.48. The number of anilines is 2. The van der Waals surface area contributed by atoms with Crippen molar-refractivity contribution < 1.29 is 9.53 Å². The third-order valence-corrected chi connectivity index (χ3v) is 3.36. The van der Waals surface area contributed by atoms with Gasteiger partial charge in [-0.2, -0.15) is 0 Å². The highest BCUT2D eigenvalue weighted by Gasteiger charge is 2.16. The maximum Gasteiger partial charge on any atom is 0.250 e. The number of rotatable bonds is 6. The van der Waals surface area contributed by atoms with Gasteiger partial charge in [0.15, 0.2) is 0 Å². The number of para-hydroxylation sites is 2. The van der Waals surface area contributed by atoms with Crippen molar-refractivity contribution in [3.8, 4) is 0 Å². The van der Waals surface area contributed by atoms with Crippen molar-refractivity contribution in [3.63, 3.8) is 0 Å². The SMILES string of the molecule is Nc1ccccc1NC(=O)COCCC1CCC1. The largest absolute Gasteiger partial charge is 0.397 e. The van der Waals surface area contributed by atoms with Crippen LogP contribution in [0.4, 0.5) is 11.4 Å². The number of ether oxygens (including phenoxy) is 1. The molecule has 1 amide bonds. The Morgan fingerprint density at radius 3 is 2.83 bits per heavy atom. The molecule has 0 aromatic heterocycles. The van der Waals surface area contributed by atoms with Crippen molar-refractivity contribution in [2.24, 2.45) is 5.92 Å². The molecule has 98 valence electrons. The number of hydrogen-bond donors (Lipinski definition) is 2. The van der Waals surface area contributed by atoms with Gasteiger partial charge in [-0.3, -0.25) is 4.79 Å². The van der Waals surface area contributed by atoms with Crippen LogP contribution >= 0.6 is 0 Å². The average molecular weight is 248 g/mol. The summed E-state index contributed by atoms with van der Waals surface area (Å²) < 4.78 is 5.36. The molecule has 1 aromatic rings. The first-order valence-electron chi connectivity index (χ1n) is 6.48. The summed E-state index contributed by atoms with van der Waals surface area (Å²) in [6.45, 7) is 0.767. The molecule has 0 saturated heterocycles. The van der Waals surface area contributed by atoms with E-state index >= 15 is 0 Å². The second-order valence-corrected chi connectivity index (χ2v) is 4.77. The molecule has 2 rings (SSSR count). The van der Waals surface area contributed by atoms with Crippen LogP contribution in [0.5, 0.6) is 0 Å². The molecule has 0 atom stereocenters. The number of nitrogens with two attached hydrogens (primary N) is 1. The highest BCUT2D eigenvalue weighted by molar-refractivity contribution is 5.94. The summed E-state index contributed by atoms with van der Waals surface area (Å²) >= 11 is 0. The fourth-order valence-electron chi connectivity index (χ4n) is 1.99. The lowest BCUT2D eigenvalue weighted by Gasteiger charge is -2.24. The van der Waals surface area contributed by atoms with Gasteiger partial charge in [-0.25, -0.2) is 0 Å². The Kier molecular flexibility index (Phi) is 4.59. The Morgan fingerprint density at radius 2 is 2.17 bits per heavy atom. The van der Waals surface area contributed by atoms with Gasteiger partial charge >= 0.3 is 0 Å². The fourth-order valence-corrected chi connectivity index (χ4v) is 1.99. The van der Waals surface area contributed by atoms with Crippen LogP contribution < -0.4 is 11.1 Å². The lowest BCUT2D eigenvalue weighted by atomic mass is 9.83. The predicted molar refractivity (Wildman–Crippen MR) is 72.3 cm³/mol. The molecule has 0 aliphatic heterocycles. The summed E-state index contributed by atoms with van der Waals surface area (Å²) in [5.74, 6) is 0.666. The molecule has 3 N–H and O–H groups in total. The fraction of sp³-hybridized carbons (Fsp3) is 0.500. The molecule has 1 aromatic carbocycles. The Hall–Kier alpha value is -1.55. The summed E-state index contributed by atoms with van der Waals surface area (Å²) in [5, 5.41) is 2.74. The summed E-state index contributed by atoms with van der Waals surface area (Å²) in [4.78, 5) is 11.6. The predicted octanol–water partition coefficient (Wildman–Crippen LogP) is 2.41. The number of nitrogens with one attached hydrogen (secondary N) is 1. The van der Waals surface area contributed by atoms with Crippen LogP contribution in [0.1, 0.15) is 25.7 Å². The standard InChI is InChI=1S/C14H20N2O2/c15-12-6-1-2-7-13(12)16-14(17)10-18-9-8-11-4-3-5-11/h1-2,6-7,11H,3-5,8-10,15H2,(H,16,17). The number of carbonyl (C=O) groups excluding carboxylic acids is 1. The number of benzene rings is 1. The molecular weight excluding hydrogens is 228 g/mol. The van der Waals surface area contributed by atoms with E-state index in [0.717, 1.165) is 12.3 Å². The number of hydrogen-bond acceptors (Lipinski definition) is 3. The van der Waals surface area contributed by atoms with Crippen LogP contribution in [0.15, 0.2) is 24.3 Å². The third-order valence-electron chi connectivity index (χ3n) is 3.36. The van der Waals surface area contributed by atoms with E-state index in [1.54, 1.807) is 12.1 Å². The lowest BCUT2D eigenvalue weighted by molar-refractivity contribution is -0.120. The van der Waals surface area contributed by atoms with Crippen molar-refractivity contribution in [2.45, 2.75) is 25.7 Å². The topological polar surface area (TPSA) is 64.3 Å². The zero-order chi connectivity index (χ0) is 12.8. The van der Waals surface area contributed by atoms with Crippen LogP contribution in [0, 0.1) is 5.92 Å². The molecule has 0 heterocycles. The Bertz CT molecular complexity index is 403. The second-order valence-electron chi connectivity index (χ2n) is 4.77. The second kappa shape index (κ2) is 6.40. The van der Waals surface area contributed by atoms with Gasteiger partial charge < -0.3 is 15.8 Å². The maximum atomic E-state index is 11.6. The van der Waals surface area contributed by atoms with E-state index in [4.69, 9.17) is 10.5 Å². The highest BCUT2D eigenvalue weighted by atomic mass is 16.5. The zero-order valence-electron chi connectivity index (χ0n) is 10.5. The quantitative estimate of drug-likeness (QED) is 0.600. The van der Waals surface area contributed by atoms with Gasteiger partial charge in [-0.15, -0.1) is 0 Å². The van der Waals surface area contributed by atoms with Gasteiger partial charge in [-0.05, 0) is 24.5 Å². The smallest absolute Gasteiger partial charge is 0.250 e. The van der Waals surface area contributed by atoms with E-state index in [0.29, 0.717) is 18.0 Å². The molecular formula is C14H20N2O2. The number of carbonyl (C=O) groups is 1. The highest BCUT2D eigenvalue weighted by Crippen LogP contribution is 2.29. The van der Waals surface area contributed by atoms with Crippen molar-refractivity contribution in [1.82, 2.24) is 0 Å². The van der Waals surface area contributed by atoms with Crippen molar-refractivity contribution in [1.29, 1.82) is 0 Å².